The van der Waals surface area contributed by atoms with Crippen LogP contribution in [0.3, 0.4) is 0 Å². The summed E-state index contributed by atoms with van der Waals surface area (Å²) in [4.78, 5) is 60.4. The molecule has 1 unspecified atom stereocenters. The van der Waals surface area contributed by atoms with Crippen LogP contribution >= 0.6 is 0 Å². The van der Waals surface area contributed by atoms with Gasteiger partial charge in [0, 0.05) is 38.2 Å². The lowest BCUT2D eigenvalue weighted by Crippen LogP contribution is -2.53. The maximum Gasteiger partial charge on any atom is 0.367 e. The van der Waals surface area contributed by atoms with E-state index in [0.717, 1.165) is 12.1 Å². The molecule has 0 aromatic carbocycles. The number of halogens is 2. The molecule has 1 aromatic rings. The zero-order chi connectivity index (χ0) is 24.3. The molecule has 0 radical (unpaired) electrons. The standard InChI is InChI=1S/C21H21F2N5O5/c1-12(11-24-20(33)21(22,23)15-6-8-17(30)27(2)26-15)3-4-13-9-10-28(19(13)32)14-5-7-16(29)25-18(14)31/h3-4,6,8-9,14H,1,5,7,10-11H2,2H3,(H,24,33)(H,25,29,31)/b4-3-. The number of aryl methyl sites for hydroxylation is 1. The average molecular weight is 461 g/mol. The fourth-order valence-corrected chi connectivity index (χ4v) is 3.28. The van der Waals surface area contributed by atoms with Crippen LogP contribution in [0, 0.1) is 0 Å². The third-order valence-corrected chi connectivity index (χ3v) is 5.14. The number of amides is 4. The predicted molar refractivity (Wildman–Crippen MR) is 111 cm³/mol. The van der Waals surface area contributed by atoms with Crippen LogP contribution < -0.4 is 16.2 Å². The Morgan fingerprint density at radius 3 is 2.73 bits per heavy atom. The maximum atomic E-state index is 14.3. The van der Waals surface area contributed by atoms with Crippen LogP contribution in [0.15, 0.2) is 52.9 Å². The molecule has 1 fully saturated rings. The third kappa shape index (κ3) is 5.10. The highest BCUT2D eigenvalue weighted by Crippen LogP contribution is 2.25. The van der Waals surface area contributed by atoms with E-state index < -0.39 is 40.9 Å². The Morgan fingerprint density at radius 1 is 1.33 bits per heavy atom. The number of hydrogen-bond donors (Lipinski definition) is 2. The number of carbonyl (C=O) groups excluding carboxylic acids is 4. The number of imide groups is 1. The quantitative estimate of drug-likeness (QED) is 0.423. The SMILES string of the molecule is C=C(/C=C\C1=CCN(C2CCC(=O)NC2=O)C1=O)CNC(=O)C(F)(F)c1ccc(=O)n(C)n1. The summed E-state index contributed by atoms with van der Waals surface area (Å²) in [5.74, 6) is -6.92. The summed E-state index contributed by atoms with van der Waals surface area (Å²) in [5, 5.41) is 7.65. The second-order valence-corrected chi connectivity index (χ2v) is 7.51. The van der Waals surface area contributed by atoms with E-state index in [1.807, 2.05) is 5.32 Å². The van der Waals surface area contributed by atoms with Crippen LogP contribution in [0.4, 0.5) is 8.78 Å². The summed E-state index contributed by atoms with van der Waals surface area (Å²) in [6.07, 6.45) is 4.77. The number of rotatable bonds is 7. The van der Waals surface area contributed by atoms with Crippen LogP contribution in [0.1, 0.15) is 18.5 Å². The lowest BCUT2D eigenvalue weighted by Gasteiger charge is -2.29. The summed E-state index contributed by atoms with van der Waals surface area (Å²) >= 11 is 0. The van der Waals surface area contributed by atoms with Crippen molar-refractivity contribution in [3.8, 4) is 0 Å². The van der Waals surface area contributed by atoms with Crippen molar-refractivity contribution in [2.24, 2.45) is 7.05 Å². The van der Waals surface area contributed by atoms with Gasteiger partial charge in [-0.1, -0.05) is 18.7 Å². The van der Waals surface area contributed by atoms with Crippen molar-refractivity contribution in [3.63, 3.8) is 0 Å². The zero-order valence-electron chi connectivity index (χ0n) is 17.6. The minimum atomic E-state index is -3.97. The Balaban J connectivity index is 1.54. The van der Waals surface area contributed by atoms with Gasteiger partial charge in [0.2, 0.25) is 11.8 Å². The first kappa shape index (κ1) is 23.7. The van der Waals surface area contributed by atoms with E-state index in [9.17, 15) is 32.8 Å². The molecule has 2 aliphatic heterocycles. The molecule has 10 nitrogen and oxygen atoms in total. The van der Waals surface area contributed by atoms with Crippen molar-refractivity contribution in [1.82, 2.24) is 25.3 Å². The Hall–Kier alpha value is -3.96. The topological polar surface area (TPSA) is 130 Å². The molecule has 4 amide bonds. The van der Waals surface area contributed by atoms with Crippen molar-refractivity contribution in [3.05, 3.63) is 64.1 Å². The van der Waals surface area contributed by atoms with Crippen LogP contribution in [-0.4, -0.2) is 57.4 Å². The smallest absolute Gasteiger partial charge is 0.346 e. The molecule has 2 N–H and O–H groups in total. The predicted octanol–water partition coefficient (Wildman–Crippen LogP) is -0.325. The fourth-order valence-electron chi connectivity index (χ4n) is 3.28. The molecule has 12 heteroatoms. The number of aromatic nitrogens is 2. The van der Waals surface area contributed by atoms with E-state index in [2.05, 4.69) is 17.0 Å². The molecule has 0 spiro atoms. The van der Waals surface area contributed by atoms with E-state index in [0.29, 0.717) is 4.68 Å². The van der Waals surface area contributed by atoms with Crippen molar-refractivity contribution >= 4 is 23.6 Å². The molecular weight excluding hydrogens is 440 g/mol. The molecule has 0 aliphatic carbocycles. The summed E-state index contributed by atoms with van der Waals surface area (Å²) in [5.41, 5.74) is -0.966. The number of alkyl halides is 2. The summed E-state index contributed by atoms with van der Waals surface area (Å²) in [7, 11) is 1.19. The van der Waals surface area contributed by atoms with Crippen molar-refractivity contribution in [2.45, 2.75) is 24.8 Å². The maximum absolute atomic E-state index is 14.3. The van der Waals surface area contributed by atoms with Gasteiger partial charge in [0.25, 0.3) is 17.4 Å². The Bertz CT molecular complexity index is 1150. The first-order valence-electron chi connectivity index (χ1n) is 9.92. The van der Waals surface area contributed by atoms with Gasteiger partial charge in [-0.25, -0.2) is 4.68 Å². The summed E-state index contributed by atoms with van der Waals surface area (Å²) < 4.78 is 29.3. The molecular formula is C21H21F2N5O5. The summed E-state index contributed by atoms with van der Waals surface area (Å²) in [6.45, 7) is 3.52. The molecule has 0 bridgehead atoms. The normalized spacial score (nSPS) is 19.0. The van der Waals surface area contributed by atoms with Crippen molar-refractivity contribution < 1.29 is 28.0 Å². The lowest BCUT2D eigenvalue weighted by molar-refractivity contribution is -0.147. The van der Waals surface area contributed by atoms with Gasteiger partial charge in [-0.15, -0.1) is 0 Å². The number of piperidine rings is 1. The highest BCUT2D eigenvalue weighted by Gasteiger charge is 2.43. The number of nitrogens with zero attached hydrogens (tertiary/aromatic N) is 3. The van der Waals surface area contributed by atoms with Crippen LogP contribution in [0.2, 0.25) is 0 Å². The minimum absolute atomic E-state index is 0.140. The van der Waals surface area contributed by atoms with E-state index in [1.165, 1.54) is 24.1 Å². The second kappa shape index (κ2) is 9.27. The van der Waals surface area contributed by atoms with Gasteiger partial charge in [-0.2, -0.15) is 13.9 Å². The van der Waals surface area contributed by atoms with Gasteiger partial charge >= 0.3 is 5.92 Å². The zero-order valence-corrected chi connectivity index (χ0v) is 17.6. The van der Waals surface area contributed by atoms with Crippen molar-refractivity contribution in [2.75, 3.05) is 13.1 Å². The van der Waals surface area contributed by atoms with Crippen molar-refractivity contribution in [1.29, 1.82) is 0 Å². The molecule has 33 heavy (non-hydrogen) atoms. The molecule has 1 saturated heterocycles. The van der Waals surface area contributed by atoms with Gasteiger partial charge in [-0.05, 0) is 24.1 Å². The Kier molecular flexibility index (Phi) is 6.65. The Labute approximate surface area is 186 Å². The molecule has 174 valence electrons. The van der Waals surface area contributed by atoms with E-state index in [4.69, 9.17) is 0 Å². The Morgan fingerprint density at radius 2 is 2.06 bits per heavy atom. The average Bonchev–Trinajstić information content (AvgIpc) is 3.12. The first-order chi connectivity index (χ1) is 15.5. The van der Waals surface area contributed by atoms with E-state index >= 15 is 0 Å². The lowest BCUT2D eigenvalue weighted by atomic mass is 10.0. The number of carbonyl (C=O) groups is 4. The number of hydrogen-bond acceptors (Lipinski definition) is 6. The van der Waals surface area contributed by atoms with Gasteiger partial charge in [0.15, 0.2) is 0 Å². The largest absolute Gasteiger partial charge is 0.367 e. The molecule has 2 aliphatic rings. The van der Waals surface area contributed by atoms with Gasteiger partial charge in [0.1, 0.15) is 11.7 Å². The van der Waals surface area contributed by atoms with Gasteiger partial charge in [-0.3, -0.25) is 29.3 Å². The van der Waals surface area contributed by atoms with Crippen LogP contribution in [0.25, 0.3) is 0 Å². The summed E-state index contributed by atoms with van der Waals surface area (Å²) in [6, 6.07) is 0.923. The van der Waals surface area contributed by atoms with Gasteiger partial charge < -0.3 is 10.2 Å². The van der Waals surface area contributed by atoms with Crippen LogP contribution in [0.5, 0.6) is 0 Å². The van der Waals surface area contributed by atoms with Crippen LogP contribution in [-0.2, 0) is 32.1 Å². The third-order valence-electron chi connectivity index (χ3n) is 5.14. The second-order valence-electron chi connectivity index (χ2n) is 7.51. The first-order valence-corrected chi connectivity index (χ1v) is 9.92. The monoisotopic (exact) mass is 461 g/mol. The van der Waals surface area contributed by atoms with E-state index in [-0.39, 0.29) is 43.0 Å². The number of nitrogens with one attached hydrogen (secondary N) is 2. The minimum Gasteiger partial charge on any atom is -0.346 e. The molecule has 0 saturated carbocycles. The molecule has 3 rings (SSSR count). The molecule has 3 heterocycles. The molecule has 1 atom stereocenters. The molecule has 1 aromatic heterocycles. The highest BCUT2D eigenvalue weighted by molar-refractivity contribution is 6.05. The van der Waals surface area contributed by atoms with E-state index in [1.54, 1.807) is 6.08 Å². The fraction of sp³-hybridized carbons (Fsp3) is 0.333. The van der Waals surface area contributed by atoms with Gasteiger partial charge in [0.05, 0.1) is 0 Å². The highest BCUT2D eigenvalue weighted by atomic mass is 19.3.